The molecule has 0 aliphatic heterocycles. The Balaban J connectivity index is 2.58. The van der Waals surface area contributed by atoms with E-state index in [9.17, 15) is 13.2 Å². The molecule has 0 fully saturated rings. The third-order valence-electron chi connectivity index (χ3n) is 2.55. The van der Waals surface area contributed by atoms with Crippen molar-refractivity contribution in [1.29, 1.82) is 0 Å². The maximum atomic E-state index is 12.5. The van der Waals surface area contributed by atoms with Crippen LogP contribution in [-0.2, 0) is 12.7 Å². The summed E-state index contributed by atoms with van der Waals surface area (Å²) in [6.07, 6.45) is -4.27. The van der Waals surface area contributed by atoms with E-state index in [-0.39, 0.29) is 6.04 Å². The van der Waals surface area contributed by atoms with E-state index in [1.807, 2.05) is 25.9 Å². The van der Waals surface area contributed by atoms with E-state index in [2.05, 4.69) is 5.32 Å². The number of rotatable bonds is 5. The minimum absolute atomic E-state index is 0.231. The minimum Gasteiger partial charge on any atom is -0.309 e. The van der Waals surface area contributed by atoms with E-state index < -0.39 is 11.7 Å². The van der Waals surface area contributed by atoms with Crippen LogP contribution in [0.15, 0.2) is 24.3 Å². The zero-order chi connectivity index (χ0) is 13.8. The molecule has 1 aromatic carbocycles. The fourth-order valence-corrected chi connectivity index (χ4v) is 1.76. The summed E-state index contributed by atoms with van der Waals surface area (Å²) in [5, 5.41) is 3.20. The fourth-order valence-electron chi connectivity index (χ4n) is 1.76. The van der Waals surface area contributed by atoms with Gasteiger partial charge in [-0.2, -0.15) is 13.2 Å². The lowest BCUT2D eigenvalue weighted by Crippen LogP contribution is -2.35. The zero-order valence-corrected chi connectivity index (χ0v) is 10.9. The molecule has 5 heteroatoms. The Bertz CT molecular complexity index is 375. The first-order chi connectivity index (χ1) is 8.29. The van der Waals surface area contributed by atoms with Crippen LogP contribution in [0.4, 0.5) is 13.2 Å². The van der Waals surface area contributed by atoms with E-state index in [1.165, 1.54) is 12.1 Å². The lowest BCUT2D eigenvalue weighted by molar-refractivity contribution is -0.137. The van der Waals surface area contributed by atoms with Crippen LogP contribution in [0.5, 0.6) is 0 Å². The van der Waals surface area contributed by atoms with Crippen LogP contribution in [0.25, 0.3) is 0 Å². The van der Waals surface area contributed by atoms with Gasteiger partial charge in [-0.05, 0) is 32.6 Å². The van der Waals surface area contributed by atoms with Crippen molar-refractivity contribution in [3.63, 3.8) is 0 Å². The largest absolute Gasteiger partial charge is 0.416 e. The third kappa shape index (κ3) is 5.06. The van der Waals surface area contributed by atoms with E-state index in [0.29, 0.717) is 12.1 Å². The first kappa shape index (κ1) is 15.0. The van der Waals surface area contributed by atoms with Crippen LogP contribution in [0, 0.1) is 0 Å². The Hall–Kier alpha value is -1.07. The van der Waals surface area contributed by atoms with Crippen molar-refractivity contribution in [2.24, 2.45) is 0 Å². The molecule has 0 aliphatic rings. The summed E-state index contributed by atoms with van der Waals surface area (Å²) < 4.78 is 37.5. The summed E-state index contributed by atoms with van der Waals surface area (Å²) in [6, 6.07) is 5.65. The molecule has 1 unspecified atom stereocenters. The Morgan fingerprint density at radius 1 is 1.28 bits per heavy atom. The predicted octanol–water partition coefficient (Wildman–Crippen LogP) is 2.75. The van der Waals surface area contributed by atoms with E-state index in [4.69, 9.17) is 0 Å². The van der Waals surface area contributed by atoms with Crippen molar-refractivity contribution < 1.29 is 13.2 Å². The van der Waals surface area contributed by atoms with Gasteiger partial charge in [0.25, 0.3) is 0 Å². The highest BCUT2D eigenvalue weighted by molar-refractivity contribution is 5.25. The number of halogens is 3. The highest BCUT2D eigenvalue weighted by atomic mass is 19.4. The maximum absolute atomic E-state index is 12.5. The van der Waals surface area contributed by atoms with Crippen LogP contribution in [0.2, 0.25) is 0 Å². The van der Waals surface area contributed by atoms with Crippen LogP contribution in [-0.4, -0.2) is 31.6 Å². The second-order valence-corrected chi connectivity index (χ2v) is 4.74. The number of benzene rings is 1. The second kappa shape index (κ2) is 6.20. The van der Waals surface area contributed by atoms with Gasteiger partial charge >= 0.3 is 6.18 Å². The molecule has 0 radical (unpaired) electrons. The quantitative estimate of drug-likeness (QED) is 0.875. The molecule has 2 nitrogen and oxygen atoms in total. The van der Waals surface area contributed by atoms with Gasteiger partial charge in [0.2, 0.25) is 0 Å². The number of alkyl halides is 3. The van der Waals surface area contributed by atoms with Gasteiger partial charge in [-0.15, -0.1) is 0 Å². The zero-order valence-electron chi connectivity index (χ0n) is 10.9. The lowest BCUT2D eigenvalue weighted by atomic mass is 10.1. The van der Waals surface area contributed by atoms with Crippen molar-refractivity contribution in [2.75, 3.05) is 20.6 Å². The monoisotopic (exact) mass is 260 g/mol. The summed E-state index contributed by atoms with van der Waals surface area (Å²) in [4.78, 5) is 2.03. The Morgan fingerprint density at radius 2 is 1.94 bits per heavy atom. The molecule has 102 valence electrons. The Morgan fingerprint density at radius 3 is 2.50 bits per heavy atom. The third-order valence-corrected chi connectivity index (χ3v) is 2.55. The fraction of sp³-hybridized carbons (Fsp3) is 0.538. The molecular weight excluding hydrogens is 241 g/mol. The van der Waals surface area contributed by atoms with E-state index >= 15 is 0 Å². The maximum Gasteiger partial charge on any atom is 0.416 e. The van der Waals surface area contributed by atoms with Crippen molar-refractivity contribution in [2.45, 2.75) is 25.7 Å². The smallest absolute Gasteiger partial charge is 0.309 e. The summed E-state index contributed by atoms with van der Waals surface area (Å²) >= 11 is 0. The molecule has 0 heterocycles. The Labute approximate surface area is 106 Å². The molecule has 1 aromatic rings. The van der Waals surface area contributed by atoms with E-state index in [0.717, 1.165) is 12.6 Å². The van der Waals surface area contributed by atoms with Crippen molar-refractivity contribution in [3.8, 4) is 0 Å². The first-order valence-electron chi connectivity index (χ1n) is 5.83. The van der Waals surface area contributed by atoms with Gasteiger partial charge in [0.15, 0.2) is 0 Å². The number of hydrogen-bond donors (Lipinski definition) is 1. The summed E-state index contributed by atoms with van der Waals surface area (Å²) in [6.45, 7) is 3.30. The van der Waals surface area contributed by atoms with Gasteiger partial charge in [-0.1, -0.05) is 18.2 Å². The topological polar surface area (TPSA) is 15.3 Å². The van der Waals surface area contributed by atoms with Crippen LogP contribution >= 0.6 is 0 Å². The van der Waals surface area contributed by atoms with Crippen LogP contribution < -0.4 is 5.32 Å². The van der Waals surface area contributed by atoms with Gasteiger partial charge in [-0.25, -0.2) is 0 Å². The normalized spacial score (nSPS) is 13.9. The molecule has 0 amide bonds. The second-order valence-electron chi connectivity index (χ2n) is 4.74. The summed E-state index contributed by atoms with van der Waals surface area (Å²) in [7, 11) is 3.92. The molecule has 18 heavy (non-hydrogen) atoms. The molecule has 0 aromatic heterocycles. The van der Waals surface area contributed by atoms with Gasteiger partial charge < -0.3 is 10.2 Å². The summed E-state index contributed by atoms with van der Waals surface area (Å²) in [5.74, 6) is 0. The van der Waals surface area contributed by atoms with E-state index in [1.54, 1.807) is 6.07 Å². The highest BCUT2D eigenvalue weighted by Crippen LogP contribution is 2.29. The van der Waals surface area contributed by atoms with Crippen LogP contribution in [0.1, 0.15) is 18.1 Å². The molecule has 0 saturated carbocycles. The van der Waals surface area contributed by atoms with Crippen molar-refractivity contribution >= 4 is 0 Å². The molecular formula is C13H19F3N2. The molecule has 1 atom stereocenters. The van der Waals surface area contributed by atoms with Gasteiger partial charge in [0.05, 0.1) is 5.56 Å². The summed E-state index contributed by atoms with van der Waals surface area (Å²) in [5.41, 5.74) is 0.0532. The molecule has 0 aliphatic carbocycles. The van der Waals surface area contributed by atoms with Gasteiger partial charge in [0.1, 0.15) is 0 Å². The number of nitrogens with one attached hydrogen (secondary N) is 1. The average molecular weight is 260 g/mol. The van der Waals surface area contributed by atoms with Gasteiger partial charge in [-0.3, -0.25) is 0 Å². The lowest BCUT2D eigenvalue weighted by Gasteiger charge is -2.18. The standard InChI is InChI=1S/C13H19F3N2/c1-10(9-18(2)3)17-8-11-5-4-6-12(7-11)13(14,15)16/h4-7,10,17H,8-9H2,1-3H3. The average Bonchev–Trinajstić information content (AvgIpc) is 2.25. The van der Waals surface area contributed by atoms with Crippen molar-refractivity contribution in [1.82, 2.24) is 10.2 Å². The first-order valence-corrected chi connectivity index (χ1v) is 5.83. The Kier molecular flexibility index (Phi) is 5.16. The number of nitrogens with zero attached hydrogens (tertiary/aromatic N) is 1. The molecule has 1 N–H and O–H groups in total. The highest BCUT2D eigenvalue weighted by Gasteiger charge is 2.30. The molecule has 0 spiro atoms. The van der Waals surface area contributed by atoms with Crippen molar-refractivity contribution in [3.05, 3.63) is 35.4 Å². The van der Waals surface area contributed by atoms with Crippen LogP contribution in [0.3, 0.4) is 0 Å². The SMILES string of the molecule is CC(CN(C)C)NCc1cccc(C(F)(F)F)c1. The number of hydrogen-bond acceptors (Lipinski definition) is 2. The predicted molar refractivity (Wildman–Crippen MR) is 66.3 cm³/mol. The van der Waals surface area contributed by atoms with Gasteiger partial charge in [0, 0.05) is 19.1 Å². The minimum atomic E-state index is -4.27. The molecule has 0 saturated heterocycles. The molecule has 1 rings (SSSR count). The molecule has 0 bridgehead atoms. The number of likely N-dealkylation sites (N-methyl/N-ethyl adjacent to an activating group) is 1.